The highest BCUT2D eigenvalue weighted by Gasteiger charge is 1.93. The second kappa shape index (κ2) is 3.09. The highest BCUT2D eigenvalue weighted by atomic mass is 35.5. The summed E-state index contributed by atoms with van der Waals surface area (Å²) >= 11 is 0. The third-order valence-corrected chi connectivity index (χ3v) is 0.461. The normalized spacial score (nSPS) is 19.2. The molecule has 1 N–H and O–H groups in total. The van der Waals surface area contributed by atoms with Crippen molar-refractivity contribution in [1.29, 1.82) is 0 Å². The molecule has 1 heterocycles. The van der Waals surface area contributed by atoms with E-state index in [0.717, 1.165) is 0 Å². The first-order valence-electron chi connectivity index (χ1n) is 1.59. The van der Waals surface area contributed by atoms with Crippen molar-refractivity contribution in [3.8, 4) is 0 Å². The number of hydrogen-bond donors (Lipinski definition) is 1. The van der Waals surface area contributed by atoms with Crippen LogP contribution < -0.4 is 0 Å². The average Bonchev–Trinajstić information content (AvgIpc) is 2.14. The quantitative estimate of drug-likeness (QED) is 0.384. The molecule has 0 unspecified atom stereocenters. The van der Waals surface area contributed by atoms with Crippen molar-refractivity contribution in [3.05, 3.63) is 0 Å². The molecule has 0 saturated heterocycles. The Morgan fingerprint density at radius 2 is 2.38 bits per heavy atom. The van der Waals surface area contributed by atoms with Gasteiger partial charge in [-0.05, 0) is 5.16 Å². The summed E-state index contributed by atoms with van der Waals surface area (Å²) in [6.07, 6.45) is 1.20. The van der Waals surface area contributed by atoms with Crippen molar-refractivity contribution in [1.82, 2.24) is 0 Å². The number of oxime groups is 1. The van der Waals surface area contributed by atoms with Gasteiger partial charge < -0.3 is 5.21 Å². The maximum Gasteiger partial charge on any atom is 0.305 e. The summed E-state index contributed by atoms with van der Waals surface area (Å²) < 4.78 is 0. The summed E-state index contributed by atoms with van der Waals surface area (Å²) in [5, 5.41) is 17.1. The maximum atomic E-state index is 7.89. The van der Waals surface area contributed by atoms with E-state index in [1.807, 2.05) is 0 Å². The van der Waals surface area contributed by atoms with E-state index in [2.05, 4.69) is 20.4 Å². The van der Waals surface area contributed by atoms with Crippen molar-refractivity contribution >= 4 is 24.7 Å². The maximum absolute atomic E-state index is 7.89. The Bertz CT molecular complexity index is 136. The first-order valence-corrected chi connectivity index (χ1v) is 1.59. The van der Waals surface area contributed by atoms with Crippen molar-refractivity contribution in [2.75, 3.05) is 0 Å². The summed E-state index contributed by atoms with van der Waals surface area (Å²) in [7, 11) is 0. The van der Waals surface area contributed by atoms with Gasteiger partial charge in [0.05, 0.1) is 0 Å². The molecule has 8 heavy (non-hydrogen) atoms. The van der Waals surface area contributed by atoms with Crippen LogP contribution in [0.15, 0.2) is 20.4 Å². The summed E-state index contributed by atoms with van der Waals surface area (Å²) in [5.74, 6) is 0.000000000000000222. The van der Waals surface area contributed by atoms with Gasteiger partial charge in [0.1, 0.15) is 6.34 Å². The molecule has 6 heteroatoms. The molecule has 0 radical (unpaired) electrons. The molecule has 0 fully saturated rings. The van der Waals surface area contributed by atoms with Crippen molar-refractivity contribution in [3.63, 3.8) is 0 Å². The molecule has 0 amide bonds. The lowest BCUT2D eigenvalue weighted by molar-refractivity contribution is 0.317. The minimum Gasteiger partial charge on any atom is -0.408 e. The Labute approximate surface area is 51.2 Å². The van der Waals surface area contributed by atoms with Gasteiger partial charge in [-0.2, -0.15) is 4.99 Å². The zero-order valence-corrected chi connectivity index (χ0v) is 4.54. The van der Waals surface area contributed by atoms with Crippen molar-refractivity contribution in [2.24, 2.45) is 20.4 Å². The predicted octanol–water partition coefficient (Wildman–Crippen LogP) is 0.647. The first kappa shape index (κ1) is 7.03. The molecule has 0 aromatic rings. The first-order chi connectivity index (χ1) is 3.43. The zero-order valence-electron chi connectivity index (χ0n) is 3.72. The smallest absolute Gasteiger partial charge is 0.305 e. The van der Waals surface area contributed by atoms with Gasteiger partial charge in [0.15, 0.2) is 0 Å². The molecular weight excluding hydrogens is 132 g/mol. The van der Waals surface area contributed by atoms with Crippen LogP contribution in [0.3, 0.4) is 0 Å². The SMILES string of the molecule is Cl.ON=C1N=CN=N1. The van der Waals surface area contributed by atoms with Gasteiger partial charge in [-0.25, -0.2) is 0 Å². The molecule has 44 valence electrons. The number of azo groups is 1. The van der Waals surface area contributed by atoms with E-state index in [1.54, 1.807) is 0 Å². The van der Waals surface area contributed by atoms with E-state index in [1.165, 1.54) is 6.34 Å². The predicted molar refractivity (Wildman–Crippen MR) is 29.8 cm³/mol. The van der Waals surface area contributed by atoms with Crippen LogP contribution >= 0.6 is 12.4 Å². The number of aliphatic imine (C=N–C) groups is 1. The summed E-state index contributed by atoms with van der Waals surface area (Å²) in [6, 6.07) is 0. The number of nitrogens with zero attached hydrogens (tertiary/aromatic N) is 4. The molecule has 0 saturated carbocycles. The number of rotatable bonds is 0. The fourth-order valence-corrected chi connectivity index (χ4v) is 0.227. The number of halogens is 1. The monoisotopic (exact) mass is 134 g/mol. The largest absolute Gasteiger partial charge is 0.408 e. The minimum atomic E-state index is 0. The molecule has 1 aliphatic rings. The van der Waals surface area contributed by atoms with E-state index >= 15 is 0 Å². The molecule has 1 rings (SSSR count). The van der Waals surface area contributed by atoms with Gasteiger partial charge >= 0.3 is 5.96 Å². The molecule has 0 bridgehead atoms. The van der Waals surface area contributed by atoms with Crippen LogP contribution in [0.1, 0.15) is 0 Å². The average molecular weight is 135 g/mol. The molecule has 5 nitrogen and oxygen atoms in total. The van der Waals surface area contributed by atoms with E-state index in [0.29, 0.717) is 0 Å². The fourth-order valence-electron chi connectivity index (χ4n) is 0.227. The van der Waals surface area contributed by atoms with Crippen LogP contribution in [0.2, 0.25) is 0 Å². The van der Waals surface area contributed by atoms with Crippen LogP contribution in [0.4, 0.5) is 0 Å². The lowest BCUT2D eigenvalue weighted by Crippen LogP contribution is -1.79. The van der Waals surface area contributed by atoms with Crippen LogP contribution in [-0.2, 0) is 0 Å². The molecular formula is C2H3ClN4O. The van der Waals surface area contributed by atoms with Crippen LogP contribution in [0.25, 0.3) is 0 Å². The molecule has 0 spiro atoms. The highest BCUT2D eigenvalue weighted by Crippen LogP contribution is 1.88. The van der Waals surface area contributed by atoms with Gasteiger partial charge in [0.25, 0.3) is 0 Å². The van der Waals surface area contributed by atoms with E-state index in [4.69, 9.17) is 5.21 Å². The lowest BCUT2D eigenvalue weighted by Gasteiger charge is -1.71. The van der Waals surface area contributed by atoms with E-state index in [9.17, 15) is 0 Å². The van der Waals surface area contributed by atoms with Gasteiger partial charge in [-0.3, -0.25) is 0 Å². The number of hydrogen-bond acceptors (Lipinski definition) is 3. The Balaban J connectivity index is 0.000000490. The third-order valence-electron chi connectivity index (χ3n) is 0.461. The Morgan fingerprint density at radius 3 is 2.62 bits per heavy atom. The highest BCUT2D eigenvalue weighted by molar-refractivity contribution is 5.90. The van der Waals surface area contributed by atoms with Gasteiger partial charge in [0.2, 0.25) is 0 Å². The second-order valence-electron chi connectivity index (χ2n) is 0.860. The van der Waals surface area contributed by atoms with Crippen molar-refractivity contribution < 1.29 is 5.21 Å². The number of guanidine groups is 1. The van der Waals surface area contributed by atoms with E-state index in [-0.39, 0.29) is 18.4 Å². The molecule has 0 aromatic carbocycles. The fraction of sp³-hybridized carbons (Fsp3) is 0. The van der Waals surface area contributed by atoms with E-state index < -0.39 is 0 Å². The molecule has 0 aromatic heterocycles. The van der Waals surface area contributed by atoms with Crippen molar-refractivity contribution in [2.45, 2.75) is 0 Å². The summed E-state index contributed by atoms with van der Waals surface area (Å²) in [5.41, 5.74) is 0. The third kappa shape index (κ3) is 1.27. The molecule has 1 aliphatic heterocycles. The van der Waals surface area contributed by atoms with Crippen LogP contribution in [-0.4, -0.2) is 17.5 Å². The Hall–Kier alpha value is -0.970. The van der Waals surface area contributed by atoms with Gasteiger partial charge in [-0.1, -0.05) is 0 Å². The minimum absolute atomic E-state index is 0. The standard InChI is InChI=1S/C2H2N4O.ClH/c7-6-2-3-1-4-5-2;/h1,7H;1H. The summed E-state index contributed by atoms with van der Waals surface area (Å²) in [6.45, 7) is 0. The lowest BCUT2D eigenvalue weighted by atomic mass is 11.1. The molecule has 0 atom stereocenters. The van der Waals surface area contributed by atoms with Crippen LogP contribution in [0.5, 0.6) is 0 Å². The Morgan fingerprint density at radius 1 is 1.62 bits per heavy atom. The second-order valence-corrected chi connectivity index (χ2v) is 0.860. The van der Waals surface area contributed by atoms with Gasteiger partial charge in [-0.15, -0.1) is 22.6 Å². The summed E-state index contributed by atoms with van der Waals surface area (Å²) in [4.78, 5) is 3.40. The molecule has 0 aliphatic carbocycles. The Kier molecular flexibility index (Phi) is 2.71. The van der Waals surface area contributed by atoms with Crippen LogP contribution in [0, 0.1) is 0 Å². The topological polar surface area (TPSA) is 69.7 Å². The zero-order chi connectivity index (χ0) is 5.11. The van der Waals surface area contributed by atoms with Gasteiger partial charge in [0, 0.05) is 0 Å².